The second-order valence-electron chi connectivity index (χ2n) is 6.40. The number of benzene rings is 2. The molecule has 7 nitrogen and oxygen atoms in total. The van der Waals surface area contributed by atoms with Gasteiger partial charge in [0, 0.05) is 6.54 Å². The first-order valence-corrected chi connectivity index (χ1v) is 10.9. The fourth-order valence-corrected chi connectivity index (χ4v) is 4.22. The molecule has 0 aliphatic rings. The molecule has 2 rings (SSSR count). The Kier molecular flexibility index (Phi) is 8.04. The van der Waals surface area contributed by atoms with Crippen molar-refractivity contribution in [1.29, 1.82) is 0 Å². The van der Waals surface area contributed by atoms with Crippen molar-refractivity contribution in [2.45, 2.75) is 31.7 Å². The maximum Gasteiger partial charge on any atom is 0.243 e. The number of amides is 1. The summed E-state index contributed by atoms with van der Waals surface area (Å²) in [5.41, 5.74) is 0.900. The van der Waals surface area contributed by atoms with Gasteiger partial charge in [-0.3, -0.25) is 4.79 Å². The van der Waals surface area contributed by atoms with Crippen molar-refractivity contribution in [3.05, 3.63) is 54.1 Å². The lowest BCUT2D eigenvalue weighted by molar-refractivity contribution is -0.121. The van der Waals surface area contributed by atoms with Gasteiger partial charge in [-0.15, -0.1) is 0 Å². The summed E-state index contributed by atoms with van der Waals surface area (Å²) >= 11 is 0. The normalized spacial score (nSPS) is 12.4. The maximum atomic E-state index is 12.9. The summed E-state index contributed by atoms with van der Waals surface area (Å²) in [6.07, 6.45) is 0. The Balaban J connectivity index is 2.05. The van der Waals surface area contributed by atoms with E-state index >= 15 is 0 Å². The third kappa shape index (κ3) is 5.95. The highest BCUT2D eigenvalue weighted by Crippen LogP contribution is 2.20. The number of carbonyl (C=O) groups is 1. The summed E-state index contributed by atoms with van der Waals surface area (Å²) in [6.45, 7) is 5.82. The molecule has 0 spiro atoms. The van der Waals surface area contributed by atoms with Crippen LogP contribution in [0.25, 0.3) is 0 Å². The van der Waals surface area contributed by atoms with Crippen LogP contribution in [0.5, 0.6) is 11.5 Å². The molecule has 0 unspecified atom stereocenters. The quantitative estimate of drug-likeness (QED) is 0.639. The number of likely N-dealkylation sites (N-methyl/N-ethyl adjacent to an activating group) is 1. The number of hydrogen-bond donors (Lipinski definition) is 1. The van der Waals surface area contributed by atoms with E-state index in [-0.39, 0.29) is 29.9 Å². The van der Waals surface area contributed by atoms with E-state index in [1.165, 1.54) is 12.1 Å². The Labute approximate surface area is 172 Å². The van der Waals surface area contributed by atoms with Crippen LogP contribution < -0.4 is 14.8 Å². The van der Waals surface area contributed by atoms with Gasteiger partial charge in [0.25, 0.3) is 0 Å². The lowest BCUT2D eigenvalue weighted by Gasteiger charge is -2.22. The number of methoxy groups -OCH3 is 1. The molecule has 8 heteroatoms. The zero-order valence-electron chi connectivity index (χ0n) is 17.2. The van der Waals surface area contributed by atoms with Crippen LogP contribution >= 0.6 is 0 Å². The van der Waals surface area contributed by atoms with Crippen molar-refractivity contribution in [2.24, 2.45) is 0 Å². The smallest absolute Gasteiger partial charge is 0.243 e. The van der Waals surface area contributed by atoms with Crippen LogP contribution in [0.2, 0.25) is 0 Å². The number of nitrogens with one attached hydrogen (secondary N) is 1. The number of ether oxygens (including phenoxy) is 2. The van der Waals surface area contributed by atoms with Gasteiger partial charge in [0.05, 0.1) is 31.2 Å². The third-order valence-electron chi connectivity index (χ3n) is 4.44. The van der Waals surface area contributed by atoms with Crippen molar-refractivity contribution in [3.63, 3.8) is 0 Å². The molecule has 0 saturated carbocycles. The van der Waals surface area contributed by atoms with E-state index in [1.54, 1.807) is 26.2 Å². The Bertz CT molecular complexity index is 896. The van der Waals surface area contributed by atoms with Crippen LogP contribution in [0, 0.1) is 0 Å². The monoisotopic (exact) mass is 420 g/mol. The van der Waals surface area contributed by atoms with Gasteiger partial charge in [-0.25, -0.2) is 8.42 Å². The summed E-state index contributed by atoms with van der Waals surface area (Å²) in [7, 11) is -2.20. The molecule has 1 atom stereocenters. The Morgan fingerprint density at radius 2 is 1.62 bits per heavy atom. The molecule has 29 heavy (non-hydrogen) atoms. The molecule has 0 radical (unpaired) electrons. The second-order valence-corrected chi connectivity index (χ2v) is 8.34. The zero-order chi connectivity index (χ0) is 21.4. The highest BCUT2D eigenvalue weighted by Gasteiger charge is 2.25. The minimum Gasteiger partial charge on any atom is -0.497 e. The molecule has 0 fully saturated rings. The van der Waals surface area contributed by atoms with E-state index < -0.39 is 10.0 Å². The highest BCUT2D eigenvalue weighted by molar-refractivity contribution is 7.89. The summed E-state index contributed by atoms with van der Waals surface area (Å²) in [5.74, 6) is 0.955. The first kappa shape index (κ1) is 22.7. The standard InChI is InChI=1S/C21H28N2O5S/c1-5-23(29(25,26)20-13-11-19(12-14-20)28-6-2)15-21(24)22-16(3)17-7-9-18(27-4)10-8-17/h7-14,16H,5-6,15H2,1-4H3,(H,22,24)/t16-/m1/s1. The van der Waals surface area contributed by atoms with Gasteiger partial charge in [0.2, 0.25) is 15.9 Å². The van der Waals surface area contributed by atoms with E-state index in [9.17, 15) is 13.2 Å². The van der Waals surface area contributed by atoms with E-state index in [2.05, 4.69) is 5.32 Å². The number of nitrogens with zero attached hydrogens (tertiary/aromatic N) is 1. The van der Waals surface area contributed by atoms with Crippen molar-refractivity contribution < 1.29 is 22.7 Å². The summed E-state index contributed by atoms with van der Waals surface area (Å²) in [5, 5.41) is 2.84. The first-order chi connectivity index (χ1) is 13.8. The number of carbonyl (C=O) groups excluding carboxylic acids is 1. The molecule has 0 aromatic heterocycles. The Hall–Kier alpha value is -2.58. The SMILES string of the molecule is CCOc1ccc(S(=O)(=O)N(CC)CC(=O)N[C@H](C)c2ccc(OC)cc2)cc1. The van der Waals surface area contributed by atoms with Gasteiger partial charge >= 0.3 is 0 Å². The molecule has 2 aromatic carbocycles. The number of sulfonamides is 1. The van der Waals surface area contributed by atoms with E-state index in [0.29, 0.717) is 12.4 Å². The third-order valence-corrected chi connectivity index (χ3v) is 6.37. The molecule has 2 aromatic rings. The van der Waals surface area contributed by atoms with Gasteiger partial charge in [-0.2, -0.15) is 4.31 Å². The van der Waals surface area contributed by atoms with Gasteiger partial charge in [0.1, 0.15) is 11.5 Å². The molecule has 0 heterocycles. The molecule has 1 N–H and O–H groups in total. The van der Waals surface area contributed by atoms with E-state index in [0.717, 1.165) is 15.6 Å². The molecule has 0 aliphatic heterocycles. The van der Waals surface area contributed by atoms with E-state index in [1.807, 2.05) is 38.1 Å². The number of rotatable bonds is 10. The summed E-state index contributed by atoms with van der Waals surface area (Å²) < 4.78 is 37.4. The van der Waals surface area contributed by atoms with Crippen LogP contribution in [0.4, 0.5) is 0 Å². The minimum absolute atomic E-state index is 0.124. The zero-order valence-corrected chi connectivity index (χ0v) is 18.0. The maximum absolute atomic E-state index is 12.9. The minimum atomic E-state index is -3.79. The number of hydrogen-bond acceptors (Lipinski definition) is 5. The lowest BCUT2D eigenvalue weighted by Crippen LogP contribution is -2.41. The molecule has 1 amide bonds. The molecule has 0 bridgehead atoms. The Morgan fingerprint density at radius 1 is 1.03 bits per heavy atom. The fraction of sp³-hybridized carbons (Fsp3) is 0.381. The molecule has 158 valence electrons. The van der Waals surface area contributed by atoms with Crippen LogP contribution in [-0.4, -0.2) is 45.4 Å². The molecule has 0 aliphatic carbocycles. The van der Waals surface area contributed by atoms with Crippen molar-refractivity contribution in [3.8, 4) is 11.5 Å². The van der Waals surface area contributed by atoms with Crippen LogP contribution in [0.1, 0.15) is 32.4 Å². The van der Waals surface area contributed by atoms with Crippen LogP contribution in [-0.2, 0) is 14.8 Å². The summed E-state index contributed by atoms with van der Waals surface area (Å²) in [4.78, 5) is 12.6. The highest BCUT2D eigenvalue weighted by atomic mass is 32.2. The van der Waals surface area contributed by atoms with Gasteiger partial charge < -0.3 is 14.8 Å². The Morgan fingerprint density at radius 3 is 2.14 bits per heavy atom. The van der Waals surface area contributed by atoms with Crippen LogP contribution in [0.15, 0.2) is 53.4 Å². The topological polar surface area (TPSA) is 84.9 Å². The predicted molar refractivity (Wildman–Crippen MR) is 112 cm³/mol. The molecule has 0 saturated heterocycles. The molecular weight excluding hydrogens is 392 g/mol. The molecular formula is C21H28N2O5S. The predicted octanol–water partition coefficient (Wildman–Crippen LogP) is 2.98. The van der Waals surface area contributed by atoms with Gasteiger partial charge in [0.15, 0.2) is 0 Å². The van der Waals surface area contributed by atoms with Gasteiger partial charge in [-0.05, 0) is 55.8 Å². The second kappa shape index (κ2) is 10.3. The average molecular weight is 421 g/mol. The fourth-order valence-electron chi connectivity index (χ4n) is 2.81. The largest absolute Gasteiger partial charge is 0.497 e. The van der Waals surface area contributed by atoms with Crippen molar-refractivity contribution in [2.75, 3.05) is 26.8 Å². The lowest BCUT2D eigenvalue weighted by atomic mass is 10.1. The van der Waals surface area contributed by atoms with Crippen LogP contribution in [0.3, 0.4) is 0 Å². The average Bonchev–Trinajstić information content (AvgIpc) is 2.72. The summed E-state index contributed by atoms with van der Waals surface area (Å²) in [6, 6.07) is 13.3. The first-order valence-electron chi connectivity index (χ1n) is 9.48. The van der Waals surface area contributed by atoms with Crippen molar-refractivity contribution >= 4 is 15.9 Å². The van der Waals surface area contributed by atoms with E-state index in [4.69, 9.17) is 9.47 Å². The van der Waals surface area contributed by atoms with Crippen molar-refractivity contribution in [1.82, 2.24) is 9.62 Å². The van der Waals surface area contributed by atoms with Gasteiger partial charge in [-0.1, -0.05) is 19.1 Å².